The number of benzene rings is 2. The first-order valence-corrected chi connectivity index (χ1v) is 10.5. The summed E-state index contributed by atoms with van der Waals surface area (Å²) < 4.78 is 31.1. The van der Waals surface area contributed by atoms with Crippen molar-refractivity contribution in [2.75, 3.05) is 11.0 Å². The molecular weight excluding hydrogens is 398 g/mol. The van der Waals surface area contributed by atoms with Crippen molar-refractivity contribution in [1.29, 1.82) is 0 Å². The normalized spacial score (nSPS) is 11.5. The number of hydrogen-bond acceptors (Lipinski definition) is 6. The average Bonchev–Trinajstić information content (AvgIpc) is 2.90. The van der Waals surface area contributed by atoms with Crippen molar-refractivity contribution in [1.82, 2.24) is 0 Å². The lowest BCUT2D eigenvalue weighted by molar-refractivity contribution is 0.0473. The number of sulfonamides is 1. The fraction of sp³-hybridized carbons (Fsp3) is 0.118. The average molecular weight is 412 g/mol. The Bertz CT molecular complexity index is 1090. The molecule has 0 aliphatic heterocycles. The van der Waals surface area contributed by atoms with Crippen LogP contribution in [-0.2, 0) is 21.4 Å². The zero-order valence-electron chi connectivity index (χ0n) is 13.5. The summed E-state index contributed by atoms with van der Waals surface area (Å²) in [6, 6.07) is 11.3. The maximum Gasteiger partial charge on any atom is 0.342 e. The second kappa shape index (κ2) is 7.14. The number of thiophene rings is 1. The third-order valence-electron chi connectivity index (χ3n) is 3.46. The van der Waals surface area contributed by atoms with Gasteiger partial charge in [0.15, 0.2) is 0 Å². The van der Waals surface area contributed by atoms with Crippen molar-refractivity contribution in [3.8, 4) is 5.75 Å². The molecule has 0 aliphatic rings. The predicted molar refractivity (Wildman–Crippen MR) is 103 cm³/mol. The number of rotatable bonds is 5. The Morgan fingerprint density at radius 2 is 2.00 bits per heavy atom. The van der Waals surface area contributed by atoms with Gasteiger partial charge >= 0.3 is 5.97 Å². The molecule has 1 aromatic heterocycles. The van der Waals surface area contributed by atoms with Crippen molar-refractivity contribution >= 4 is 54.7 Å². The minimum Gasteiger partial charge on any atom is -0.507 e. The zero-order chi connectivity index (χ0) is 18.9. The van der Waals surface area contributed by atoms with Crippen LogP contribution in [0.3, 0.4) is 0 Å². The third kappa shape index (κ3) is 4.09. The van der Waals surface area contributed by atoms with Gasteiger partial charge in [0.25, 0.3) is 0 Å². The van der Waals surface area contributed by atoms with Gasteiger partial charge in [-0.15, -0.1) is 11.3 Å². The maximum atomic E-state index is 12.3. The van der Waals surface area contributed by atoms with Crippen LogP contribution >= 0.6 is 22.9 Å². The first-order chi connectivity index (χ1) is 12.2. The molecule has 0 saturated heterocycles. The molecule has 1 heterocycles. The molecule has 0 amide bonds. The van der Waals surface area contributed by atoms with Gasteiger partial charge in [-0.2, -0.15) is 0 Å². The Morgan fingerprint density at radius 3 is 2.69 bits per heavy atom. The summed E-state index contributed by atoms with van der Waals surface area (Å²) in [7, 11) is -3.51. The fourth-order valence-electron chi connectivity index (χ4n) is 2.34. The van der Waals surface area contributed by atoms with Gasteiger partial charge in [0.1, 0.15) is 17.9 Å². The summed E-state index contributed by atoms with van der Waals surface area (Å²) >= 11 is 7.72. The maximum absolute atomic E-state index is 12.3. The number of phenolic OH excluding ortho intramolecular Hbond substituents is 1. The highest BCUT2D eigenvalue weighted by Crippen LogP contribution is 2.35. The lowest BCUT2D eigenvalue weighted by Gasteiger charge is -2.09. The molecule has 0 saturated carbocycles. The second-order valence-electron chi connectivity index (χ2n) is 5.52. The Morgan fingerprint density at radius 1 is 1.27 bits per heavy atom. The molecular formula is C17H14ClNO5S2. The Labute approximate surface area is 159 Å². The fourth-order valence-corrected chi connectivity index (χ4v) is 4.30. The predicted octanol–water partition coefficient (Wildman–Crippen LogP) is 3.99. The van der Waals surface area contributed by atoms with E-state index in [1.165, 1.54) is 29.5 Å². The van der Waals surface area contributed by atoms with Gasteiger partial charge in [0.2, 0.25) is 10.0 Å². The van der Waals surface area contributed by atoms with Crippen molar-refractivity contribution < 1.29 is 23.1 Å². The van der Waals surface area contributed by atoms with E-state index in [2.05, 4.69) is 4.72 Å². The van der Waals surface area contributed by atoms with Gasteiger partial charge in [-0.05, 0) is 24.3 Å². The van der Waals surface area contributed by atoms with E-state index in [9.17, 15) is 18.3 Å². The Balaban J connectivity index is 1.79. The minimum atomic E-state index is -3.51. The number of anilines is 1. The van der Waals surface area contributed by atoms with Crippen LogP contribution in [0.1, 0.15) is 15.2 Å². The highest BCUT2D eigenvalue weighted by atomic mass is 35.5. The molecule has 0 unspecified atom stereocenters. The minimum absolute atomic E-state index is 0.0554. The summed E-state index contributed by atoms with van der Waals surface area (Å²) in [6.45, 7) is -0.0554. The van der Waals surface area contributed by atoms with Gasteiger partial charge in [0, 0.05) is 15.8 Å². The van der Waals surface area contributed by atoms with Crippen LogP contribution < -0.4 is 4.72 Å². The van der Waals surface area contributed by atoms with E-state index in [1.807, 2.05) is 24.3 Å². The molecule has 3 aromatic rings. The van der Waals surface area contributed by atoms with Crippen molar-refractivity contribution in [2.45, 2.75) is 6.61 Å². The lowest BCUT2D eigenvalue weighted by Crippen LogP contribution is -2.11. The Kier molecular flexibility index (Phi) is 5.08. The number of carbonyl (C=O) groups excluding carboxylic acids is 1. The number of hydrogen-bond donors (Lipinski definition) is 2. The number of phenols is 1. The zero-order valence-corrected chi connectivity index (χ0v) is 15.9. The highest BCUT2D eigenvalue weighted by molar-refractivity contribution is 7.92. The van der Waals surface area contributed by atoms with Crippen LogP contribution in [0.15, 0.2) is 42.5 Å². The van der Waals surface area contributed by atoms with E-state index in [0.29, 0.717) is 9.90 Å². The highest BCUT2D eigenvalue weighted by Gasteiger charge is 2.17. The molecule has 0 bridgehead atoms. The van der Waals surface area contributed by atoms with E-state index in [0.717, 1.165) is 16.3 Å². The summed E-state index contributed by atoms with van der Waals surface area (Å²) in [6.07, 6.45) is 0.987. The quantitative estimate of drug-likeness (QED) is 0.489. The molecule has 0 radical (unpaired) electrons. The number of ether oxygens (including phenoxy) is 1. The molecule has 0 atom stereocenters. The molecule has 0 spiro atoms. The molecule has 6 nitrogen and oxygen atoms in total. The number of aromatic hydroxyl groups is 1. The Hall–Kier alpha value is -2.29. The van der Waals surface area contributed by atoms with Crippen LogP contribution in [0, 0.1) is 0 Å². The van der Waals surface area contributed by atoms with Gasteiger partial charge in [-0.1, -0.05) is 29.8 Å². The van der Waals surface area contributed by atoms with Gasteiger partial charge in [-0.3, -0.25) is 4.72 Å². The molecule has 0 aliphatic carbocycles. The van der Waals surface area contributed by atoms with Gasteiger partial charge in [-0.25, -0.2) is 13.2 Å². The summed E-state index contributed by atoms with van der Waals surface area (Å²) in [5.41, 5.74) is 0.00743. The molecule has 0 fully saturated rings. The van der Waals surface area contributed by atoms with Crippen molar-refractivity contribution in [3.05, 3.63) is 57.9 Å². The standard InChI is InChI=1S/C17H14ClNO5S2/c1-26(22,23)19-10-6-7-13(20)12(8-10)17(21)24-9-15-16(18)11-4-2-3-5-14(11)25-15/h2-8,19-20H,9H2,1H3. The van der Waals surface area contributed by atoms with Gasteiger partial charge in [0.05, 0.1) is 16.2 Å². The van der Waals surface area contributed by atoms with E-state index >= 15 is 0 Å². The monoisotopic (exact) mass is 411 g/mol. The topological polar surface area (TPSA) is 92.7 Å². The molecule has 2 N–H and O–H groups in total. The summed E-state index contributed by atoms with van der Waals surface area (Å²) in [5.74, 6) is -1.09. The van der Waals surface area contributed by atoms with E-state index in [4.69, 9.17) is 16.3 Å². The van der Waals surface area contributed by atoms with Crippen LogP contribution in [0.5, 0.6) is 5.75 Å². The number of esters is 1. The van der Waals surface area contributed by atoms with Crippen LogP contribution in [0.4, 0.5) is 5.69 Å². The van der Waals surface area contributed by atoms with Crippen LogP contribution in [0.2, 0.25) is 5.02 Å². The third-order valence-corrected chi connectivity index (χ3v) is 5.75. The summed E-state index contributed by atoms with van der Waals surface area (Å²) in [5, 5.41) is 11.3. The van der Waals surface area contributed by atoms with Gasteiger partial charge < -0.3 is 9.84 Å². The van der Waals surface area contributed by atoms with Crippen molar-refractivity contribution in [2.24, 2.45) is 0 Å². The van der Waals surface area contributed by atoms with E-state index < -0.39 is 16.0 Å². The number of halogens is 1. The number of nitrogens with one attached hydrogen (secondary N) is 1. The molecule has 26 heavy (non-hydrogen) atoms. The van der Waals surface area contributed by atoms with E-state index in [-0.39, 0.29) is 23.6 Å². The summed E-state index contributed by atoms with van der Waals surface area (Å²) in [4.78, 5) is 13.0. The van der Waals surface area contributed by atoms with Crippen molar-refractivity contribution in [3.63, 3.8) is 0 Å². The first kappa shape index (κ1) is 18.5. The molecule has 3 rings (SSSR count). The molecule has 136 valence electrons. The number of fused-ring (bicyclic) bond motifs is 1. The lowest BCUT2D eigenvalue weighted by atomic mass is 10.2. The second-order valence-corrected chi connectivity index (χ2v) is 8.78. The van der Waals surface area contributed by atoms with Crippen LogP contribution in [0.25, 0.3) is 10.1 Å². The number of carbonyl (C=O) groups is 1. The first-order valence-electron chi connectivity index (χ1n) is 7.38. The van der Waals surface area contributed by atoms with Crippen LogP contribution in [-0.4, -0.2) is 25.7 Å². The molecule has 9 heteroatoms. The largest absolute Gasteiger partial charge is 0.507 e. The SMILES string of the molecule is CS(=O)(=O)Nc1ccc(O)c(C(=O)OCc2sc3ccccc3c2Cl)c1. The smallest absolute Gasteiger partial charge is 0.342 e. The molecule has 2 aromatic carbocycles. The van der Waals surface area contributed by atoms with E-state index in [1.54, 1.807) is 0 Å².